The lowest BCUT2D eigenvalue weighted by Crippen LogP contribution is -2.58. The van der Waals surface area contributed by atoms with Gasteiger partial charge in [-0.05, 0) is 46.0 Å². The van der Waals surface area contributed by atoms with Crippen LogP contribution in [-0.2, 0) is 23.8 Å². The molecule has 2 rings (SSSR count). The molecule has 2 fully saturated rings. The van der Waals surface area contributed by atoms with Gasteiger partial charge >= 0.3 is 6.03 Å². The van der Waals surface area contributed by atoms with Crippen LogP contribution in [0.1, 0.15) is 63.2 Å². The van der Waals surface area contributed by atoms with Crippen LogP contribution in [0.15, 0.2) is 0 Å². The molecule has 37 heavy (non-hydrogen) atoms. The number of nitrogens with zero attached hydrogens (tertiary/aromatic N) is 1. The molecular formula is C25H47N5O6S. The number of hydrogen-bond donors (Lipinski definition) is 4. The van der Waals surface area contributed by atoms with Crippen molar-refractivity contribution in [2.45, 2.75) is 68.6 Å². The second-order valence-electron chi connectivity index (χ2n) is 9.26. The standard InChI is InChI=1S/C25H47N5O6S/c1-24-19-37-20(25(24,2)29-23(33)28-24)8-4-5-9-22(32)30(3)18-21(31)27-11-7-13-35-15-17-36-16-14-34-12-6-10-26/h20H,4-19,26H2,1-3H3,(H,27,31)(H2,28,29,33)/t20-,24-,25+/m0/s1/i6D2,7D2,12D2,13D2. The van der Waals surface area contributed by atoms with Crippen LogP contribution in [0.3, 0.4) is 0 Å². The molecule has 0 saturated carbocycles. The number of rotatable bonds is 20. The van der Waals surface area contributed by atoms with Crippen molar-refractivity contribution in [3.63, 3.8) is 0 Å². The van der Waals surface area contributed by atoms with Gasteiger partial charge in [-0.2, -0.15) is 11.8 Å². The third kappa shape index (κ3) is 10.2. The van der Waals surface area contributed by atoms with E-state index in [1.54, 1.807) is 11.8 Å². The molecule has 4 amide bonds. The van der Waals surface area contributed by atoms with Crippen LogP contribution in [-0.4, -0.2) is 111 Å². The lowest BCUT2D eigenvalue weighted by Gasteiger charge is -2.35. The number of thioether (sulfide) groups is 1. The molecule has 2 aliphatic rings. The first-order valence-electron chi connectivity index (χ1n) is 16.4. The zero-order chi connectivity index (χ0) is 34.3. The summed E-state index contributed by atoms with van der Waals surface area (Å²) < 4.78 is 77.1. The summed E-state index contributed by atoms with van der Waals surface area (Å²) in [5.41, 5.74) is 4.52. The predicted molar refractivity (Wildman–Crippen MR) is 145 cm³/mol. The highest BCUT2D eigenvalue weighted by molar-refractivity contribution is 8.00. The average molecular weight is 554 g/mol. The number of nitrogens with two attached hydrogens (primary N) is 1. The number of ether oxygens (including phenoxy) is 3. The quantitative estimate of drug-likeness (QED) is 0.128. The van der Waals surface area contributed by atoms with Gasteiger partial charge in [0, 0.05) is 49.6 Å². The van der Waals surface area contributed by atoms with Crippen LogP contribution < -0.4 is 21.7 Å². The van der Waals surface area contributed by atoms with Gasteiger partial charge < -0.3 is 40.8 Å². The van der Waals surface area contributed by atoms with Gasteiger partial charge in [-0.15, -0.1) is 0 Å². The number of likely N-dealkylation sites (N-methyl/N-ethyl adjacent to an activating group) is 1. The largest absolute Gasteiger partial charge is 0.379 e. The van der Waals surface area contributed by atoms with Gasteiger partial charge in [0.1, 0.15) is 0 Å². The van der Waals surface area contributed by atoms with Gasteiger partial charge in [0.15, 0.2) is 0 Å². The molecule has 2 saturated heterocycles. The fourth-order valence-electron chi connectivity index (χ4n) is 4.10. The Balaban J connectivity index is 1.63. The third-order valence-corrected chi connectivity index (χ3v) is 8.32. The Morgan fingerprint density at radius 3 is 2.51 bits per heavy atom. The summed E-state index contributed by atoms with van der Waals surface area (Å²) in [6.45, 7) is -3.99. The molecule has 0 aromatic rings. The van der Waals surface area contributed by atoms with Crippen molar-refractivity contribution < 1.29 is 39.6 Å². The molecule has 5 N–H and O–H groups in total. The van der Waals surface area contributed by atoms with Gasteiger partial charge in [-0.3, -0.25) is 9.59 Å². The maximum Gasteiger partial charge on any atom is 0.315 e. The highest BCUT2D eigenvalue weighted by Gasteiger charge is 2.60. The van der Waals surface area contributed by atoms with Crippen molar-refractivity contribution in [3.05, 3.63) is 0 Å². The number of hydrogen-bond acceptors (Lipinski definition) is 8. The van der Waals surface area contributed by atoms with Crippen molar-refractivity contribution in [2.24, 2.45) is 5.73 Å². The first kappa shape index (κ1) is 21.2. The molecule has 0 aromatic carbocycles. The van der Waals surface area contributed by atoms with Crippen molar-refractivity contribution >= 4 is 29.6 Å². The molecule has 0 spiro atoms. The zero-order valence-corrected chi connectivity index (χ0v) is 22.8. The predicted octanol–water partition coefficient (Wildman–Crippen LogP) is 0.856. The summed E-state index contributed by atoms with van der Waals surface area (Å²) in [6, 6.07) is -0.165. The van der Waals surface area contributed by atoms with Crippen molar-refractivity contribution in [1.82, 2.24) is 20.9 Å². The lowest BCUT2D eigenvalue weighted by molar-refractivity contribution is -0.134. The SMILES string of the molecule is [2H]C([2H])(CN)C([2H])([2H])OCCOCCOC([2H])([2H])C([2H])([2H])CNC(=O)CN(C)C(=O)CCCC[C@@H]1SC[C@]2(C)NC(=O)N[C@]12C. The monoisotopic (exact) mass is 553 g/mol. The molecule has 3 atom stereocenters. The topological polar surface area (TPSA) is 144 Å². The smallest absolute Gasteiger partial charge is 0.315 e. The minimum absolute atomic E-state index is 0.155. The Morgan fingerprint density at radius 1 is 1.14 bits per heavy atom. The Bertz CT molecular complexity index is 1050. The maximum atomic E-state index is 12.6. The van der Waals surface area contributed by atoms with E-state index < -0.39 is 44.9 Å². The minimum atomic E-state index is -2.81. The van der Waals surface area contributed by atoms with E-state index in [2.05, 4.69) is 16.0 Å². The first-order chi connectivity index (χ1) is 20.6. The summed E-state index contributed by atoms with van der Waals surface area (Å²) in [5.74, 6) is -0.106. The molecule has 0 radical (unpaired) electrons. The number of carbonyl (C=O) groups excluding carboxylic acids is 3. The molecule has 0 bridgehead atoms. The number of nitrogens with one attached hydrogen (secondary N) is 3. The Labute approximate surface area is 236 Å². The number of unbranched alkanes of at least 4 members (excludes halogenated alkanes) is 1. The summed E-state index contributed by atoms with van der Waals surface area (Å²) in [4.78, 5) is 38.1. The van der Waals surface area contributed by atoms with Crippen molar-refractivity contribution in [1.29, 1.82) is 0 Å². The maximum absolute atomic E-state index is 12.6. The van der Waals surface area contributed by atoms with E-state index in [0.717, 1.165) is 18.6 Å². The molecule has 0 unspecified atom stereocenters. The Morgan fingerprint density at radius 2 is 1.81 bits per heavy atom. The second-order valence-corrected chi connectivity index (χ2v) is 10.4. The van der Waals surface area contributed by atoms with Gasteiger partial charge in [0.05, 0.1) is 49.5 Å². The van der Waals surface area contributed by atoms with Crippen LogP contribution in [0.4, 0.5) is 4.79 Å². The van der Waals surface area contributed by atoms with Crippen LogP contribution in [0, 0.1) is 0 Å². The van der Waals surface area contributed by atoms with E-state index in [-0.39, 0.29) is 67.7 Å². The van der Waals surface area contributed by atoms with Crippen LogP contribution in [0.2, 0.25) is 0 Å². The minimum Gasteiger partial charge on any atom is -0.379 e. The number of urea groups is 1. The highest BCUT2D eigenvalue weighted by Crippen LogP contribution is 2.47. The third-order valence-electron chi connectivity index (χ3n) is 6.46. The van der Waals surface area contributed by atoms with E-state index >= 15 is 0 Å². The zero-order valence-electron chi connectivity index (χ0n) is 29.9. The molecule has 0 aromatic heterocycles. The molecule has 11 nitrogen and oxygen atoms in total. The van der Waals surface area contributed by atoms with Crippen molar-refractivity contribution in [2.75, 3.05) is 72.0 Å². The summed E-state index contributed by atoms with van der Waals surface area (Å²) in [7, 11) is 1.46. The van der Waals surface area contributed by atoms with Crippen LogP contribution >= 0.6 is 11.8 Å². The van der Waals surface area contributed by atoms with Crippen molar-refractivity contribution in [3.8, 4) is 0 Å². The normalized spacial score (nSPS) is 29.2. The van der Waals surface area contributed by atoms with Gasteiger partial charge in [0.25, 0.3) is 0 Å². The van der Waals surface area contributed by atoms with Gasteiger partial charge in [-0.1, -0.05) is 6.42 Å². The molecule has 2 aliphatic heterocycles. The number of fused-ring (bicyclic) bond motifs is 1. The molecule has 2 heterocycles. The van der Waals surface area contributed by atoms with Gasteiger partial charge in [-0.25, -0.2) is 4.79 Å². The van der Waals surface area contributed by atoms with E-state index in [0.29, 0.717) is 6.42 Å². The fraction of sp³-hybridized carbons (Fsp3) is 0.880. The molecule has 12 heteroatoms. The van der Waals surface area contributed by atoms with Gasteiger partial charge in [0.2, 0.25) is 11.8 Å². The summed E-state index contributed by atoms with van der Waals surface area (Å²) in [5, 5.41) is 8.58. The highest BCUT2D eigenvalue weighted by atomic mass is 32.2. The van der Waals surface area contributed by atoms with Crippen LogP contribution in [0.5, 0.6) is 0 Å². The lowest BCUT2D eigenvalue weighted by atomic mass is 9.79. The average Bonchev–Trinajstić information content (AvgIpc) is 3.31. The van der Waals surface area contributed by atoms with E-state index in [1.807, 2.05) is 13.8 Å². The Hall–Kier alpha value is -1.60. The van der Waals surface area contributed by atoms with Crippen LogP contribution in [0.25, 0.3) is 0 Å². The summed E-state index contributed by atoms with van der Waals surface area (Å²) in [6.07, 6.45) is -2.61. The Kier molecular flexibility index (Phi) is 9.41. The van der Waals surface area contributed by atoms with E-state index in [1.165, 1.54) is 11.9 Å². The van der Waals surface area contributed by atoms with E-state index in [4.69, 9.17) is 30.9 Å². The molecular weight excluding hydrogens is 498 g/mol. The number of amides is 4. The molecule has 0 aliphatic carbocycles. The first-order valence-corrected chi connectivity index (χ1v) is 13.5. The second kappa shape index (κ2) is 16.4. The number of carbonyl (C=O) groups is 3. The fourth-order valence-corrected chi connectivity index (χ4v) is 5.99. The van der Waals surface area contributed by atoms with E-state index in [9.17, 15) is 14.4 Å². The molecule has 214 valence electrons. The summed E-state index contributed by atoms with van der Waals surface area (Å²) >= 11 is 1.80.